The number of nitrogens with one attached hydrogen (secondary N) is 3. The van der Waals surface area contributed by atoms with Crippen LogP contribution in [-0.4, -0.2) is 67.9 Å². The molecule has 36 heavy (non-hydrogen) atoms. The minimum Gasteiger partial charge on any atom is -0.489 e. The molecule has 0 spiro atoms. The molecule has 2 atom stereocenters. The molecule has 0 bridgehead atoms. The lowest BCUT2D eigenvalue weighted by Gasteiger charge is -2.39. The number of amides is 3. The number of carbonyl (C=O) groups excluding carboxylic acids is 3. The summed E-state index contributed by atoms with van der Waals surface area (Å²) in [6.07, 6.45) is 1.68. The van der Waals surface area contributed by atoms with Crippen molar-refractivity contribution in [3.05, 3.63) is 41.5 Å². The quantitative estimate of drug-likeness (QED) is 0.510. The molecule has 4 rings (SSSR count). The van der Waals surface area contributed by atoms with E-state index in [-0.39, 0.29) is 42.0 Å². The third kappa shape index (κ3) is 4.93. The summed E-state index contributed by atoms with van der Waals surface area (Å²) < 4.78 is 50.1. The van der Waals surface area contributed by atoms with Crippen LogP contribution in [0.4, 0.5) is 10.1 Å². The normalized spacial score (nSPS) is 20.7. The van der Waals surface area contributed by atoms with Gasteiger partial charge in [-0.3, -0.25) is 14.4 Å². The highest BCUT2D eigenvalue weighted by molar-refractivity contribution is 7.89. The summed E-state index contributed by atoms with van der Waals surface area (Å²) in [4.78, 5) is 38.6. The fourth-order valence-electron chi connectivity index (χ4n) is 4.43. The number of likely N-dealkylation sites (N-methyl/N-ethyl adjacent to an activating group) is 1. The molecule has 1 saturated heterocycles. The molecular weight excluding hydrogens is 493 g/mol. The maximum Gasteiger partial charge on any atom is 0.311 e. The topological polar surface area (TPSA) is 139 Å². The minimum absolute atomic E-state index is 0.000321. The number of hydrogen-bond acceptors (Lipinski definition) is 6. The molecule has 3 heterocycles. The van der Waals surface area contributed by atoms with Crippen molar-refractivity contribution in [2.45, 2.75) is 31.2 Å². The zero-order chi connectivity index (χ0) is 26.2. The van der Waals surface area contributed by atoms with E-state index in [1.165, 1.54) is 40.9 Å². The molecule has 2 aliphatic heterocycles. The Morgan fingerprint density at radius 2 is 2.03 bits per heavy atom. The van der Waals surface area contributed by atoms with Gasteiger partial charge in [-0.2, -0.15) is 0 Å². The number of aryl methyl sites for hydroxylation is 2. The summed E-state index contributed by atoms with van der Waals surface area (Å²) in [7, 11) is -2.61. The highest BCUT2D eigenvalue weighted by Gasteiger charge is 2.40. The van der Waals surface area contributed by atoms with Gasteiger partial charge in [-0.15, -0.1) is 0 Å². The summed E-state index contributed by atoms with van der Waals surface area (Å²) in [5.74, 6) is -2.85. The van der Waals surface area contributed by atoms with Crippen LogP contribution in [0.1, 0.15) is 29.4 Å². The Bertz CT molecular complexity index is 1320. The fourth-order valence-corrected chi connectivity index (χ4v) is 5.92. The molecule has 0 aliphatic carbocycles. The van der Waals surface area contributed by atoms with E-state index in [1.54, 1.807) is 13.8 Å². The van der Waals surface area contributed by atoms with Gasteiger partial charge in [0.25, 0.3) is 5.91 Å². The zero-order valence-electron chi connectivity index (χ0n) is 20.1. The van der Waals surface area contributed by atoms with Gasteiger partial charge in [0.05, 0.1) is 6.61 Å². The van der Waals surface area contributed by atoms with Crippen LogP contribution in [-0.2, 0) is 26.7 Å². The van der Waals surface area contributed by atoms with Crippen molar-refractivity contribution in [3.63, 3.8) is 0 Å². The van der Waals surface area contributed by atoms with Crippen molar-refractivity contribution in [1.29, 1.82) is 0 Å². The van der Waals surface area contributed by atoms with Crippen molar-refractivity contribution in [1.82, 2.24) is 19.5 Å². The lowest BCUT2D eigenvalue weighted by molar-refractivity contribution is -0.147. The van der Waals surface area contributed by atoms with E-state index in [0.29, 0.717) is 24.2 Å². The van der Waals surface area contributed by atoms with Gasteiger partial charge in [0.15, 0.2) is 11.4 Å². The first-order chi connectivity index (χ1) is 17.0. The number of rotatable bonds is 3. The summed E-state index contributed by atoms with van der Waals surface area (Å²) in [5.41, 5.74) is 0.700. The number of ether oxygens (including phenoxy) is 1. The first-order valence-corrected chi connectivity index (χ1v) is 13.0. The number of aromatic nitrogens is 1. The van der Waals surface area contributed by atoms with Gasteiger partial charge < -0.3 is 24.8 Å². The van der Waals surface area contributed by atoms with Crippen LogP contribution < -0.4 is 20.1 Å². The predicted molar refractivity (Wildman–Crippen MR) is 127 cm³/mol. The van der Waals surface area contributed by atoms with Crippen LogP contribution in [0.2, 0.25) is 0 Å². The number of sulfonamides is 1. The number of benzene rings is 1. The number of nitrogens with zero attached hydrogens (tertiary/aromatic N) is 2. The summed E-state index contributed by atoms with van der Waals surface area (Å²) in [5, 5.41) is 5.11. The second-order valence-electron chi connectivity index (χ2n) is 8.90. The van der Waals surface area contributed by atoms with Crippen molar-refractivity contribution < 1.29 is 31.9 Å². The number of halogens is 1. The van der Waals surface area contributed by atoms with Gasteiger partial charge in [-0.1, -0.05) is 0 Å². The molecular formula is C23H28FN5O6S. The highest BCUT2D eigenvalue weighted by Crippen LogP contribution is 2.34. The largest absolute Gasteiger partial charge is 0.489 e. The van der Waals surface area contributed by atoms with Gasteiger partial charge in [-0.05, 0) is 44.0 Å². The average Bonchev–Trinajstić information content (AvgIpc) is 3.16. The van der Waals surface area contributed by atoms with Gasteiger partial charge in [0.1, 0.15) is 10.7 Å². The molecule has 2 unspecified atom stereocenters. The molecule has 11 nitrogen and oxygen atoms in total. The number of hydrogen-bond donors (Lipinski definition) is 3. The molecule has 1 aromatic carbocycles. The van der Waals surface area contributed by atoms with E-state index in [4.69, 9.17) is 4.74 Å². The zero-order valence-corrected chi connectivity index (χ0v) is 20.9. The lowest BCUT2D eigenvalue weighted by Crippen LogP contribution is -2.57. The smallest absolute Gasteiger partial charge is 0.311 e. The second kappa shape index (κ2) is 9.90. The van der Waals surface area contributed by atoms with Crippen LogP contribution in [0.25, 0.3) is 0 Å². The maximum absolute atomic E-state index is 13.6. The van der Waals surface area contributed by atoms with Crippen molar-refractivity contribution in [2.24, 2.45) is 13.0 Å². The number of piperidine rings is 1. The van der Waals surface area contributed by atoms with Crippen LogP contribution in [0.3, 0.4) is 0 Å². The lowest BCUT2D eigenvalue weighted by atomic mass is 9.93. The third-order valence-electron chi connectivity index (χ3n) is 6.35. The van der Waals surface area contributed by atoms with Crippen molar-refractivity contribution in [2.75, 3.05) is 31.6 Å². The Balaban J connectivity index is 1.59. The summed E-state index contributed by atoms with van der Waals surface area (Å²) in [6.45, 7) is 3.95. The maximum atomic E-state index is 13.6. The molecule has 13 heteroatoms. The van der Waals surface area contributed by atoms with Crippen LogP contribution in [0.5, 0.6) is 5.75 Å². The van der Waals surface area contributed by atoms with E-state index in [0.717, 1.165) is 0 Å². The van der Waals surface area contributed by atoms with E-state index in [2.05, 4.69) is 15.4 Å². The van der Waals surface area contributed by atoms with Crippen molar-refractivity contribution >= 4 is 33.4 Å². The SMILES string of the molecule is CCNC(=O)C(=O)N1CCC2COc3c(cn(C)c3C(=O)Nc3ccc(F)c(C)c3)S(=O)(=O)NC2C1. The predicted octanol–water partition coefficient (Wildman–Crippen LogP) is 0.749. The Kier molecular flexibility index (Phi) is 7.05. The number of fused-ring (bicyclic) bond motifs is 2. The van der Waals surface area contributed by atoms with Gasteiger partial charge in [-0.25, -0.2) is 17.5 Å². The third-order valence-corrected chi connectivity index (χ3v) is 7.83. The van der Waals surface area contributed by atoms with Crippen molar-refractivity contribution in [3.8, 4) is 5.75 Å². The van der Waals surface area contributed by atoms with Gasteiger partial charge in [0.2, 0.25) is 10.0 Å². The molecule has 0 saturated carbocycles. The van der Waals surface area contributed by atoms with E-state index in [9.17, 15) is 27.2 Å². The molecule has 1 aromatic heterocycles. The van der Waals surface area contributed by atoms with Crippen LogP contribution >= 0.6 is 0 Å². The standard InChI is InChI=1S/C23H28FN5O6S/c1-4-25-22(31)23(32)29-8-7-14-12-35-20-18(36(33,34)27-17(14)10-29)11-28(3)19(20)21(30)26-15-5-6-16(24)13(2)9-15/h5-6,9,11,14,17,27H,4,7-8,10,12H2,1-3H3,(H,25,31)(H,26,30). The molecule has 1 fully saturated rings. The Hall–Kier alpha value is -3.45. The average molecular weight is 522 g/mol. The van der Waals surface area contributed by atoms with E-state index < -0.39 is 39.6 Å². The molecule has 3 amide bonds. The number of likely N-dealkylation sites (tertiary alicyclic amines) is 1. The highest BCUT2D eigenvalue weighted by atomic mass is 32.2. The van der Waals surface area contributed by atoms with Gasteiger partial charge in [0, 0.05) is 50.5 Å². The second-order valence-corrected chi connectivity index (χ2v) is 10.6. The number of carbonyl (C=O) groups is 3. The molecule has 2 aromatic rings. The Morgan fingerprint density at radius 1 is 1.28 bits per heavy atom. The Labute approximate surface area is 208 Å². The first kappa shape index (κ1) is 25.6. The molecule has 2 aliphatic rings. The molecule has 194 valence electrons. The Morgan fingerprint density at radius 3 is 2.72 bits per heavy atom. The van der Waals surface area contributed by atoms with E-state index in [1.807, 2.05) is 0 Å². The van der Waals surface area contributed by atoms with Crippen LogP contribution in [0.15, 0.2) is 29.3 Å². The summed E-state index contributed by atoms with van der Waals surface area (Å²) in [6, 6.07) is 3.44. The fraction of sp³-hybridized carbons (Fsp3) is 0.435. The monoisotopic (exact) mass is 521 g/mol. The van der Waals surface area contributed by atoms with Crippen LogP contribution in [0, 0.1) is 18.7 Å². The first-order valence-electron chi connectivity index (χ1n) is 11.5. The number of anilines is 1. The molecule has 3 N–H and O–H groups in total. The summed E-state index contributed by atoms with van der Waals surface area (Å²) >= 11 is 0. The van der Waals surface area contributed by atoms with E-state index >= 15 is 0 Å². The molecule has 0 radical (unpaired) electrons. The van der Waals surface area contributed by atoms with Gasteiger partial charge >= 0.3 is 11.8 Å². The minimum atomic E-state index is -4.14.